The third-order valence-electron chi connectivity index (χ3n) is 6.67. The number of hydrogen-bond acceptors (Lipinski definition) is 4. The molecule has 0 spiro atoms. The Morgan fingerprint density at radius 1 is 1.24 bits per heavy atom. The first-order chi connectivity index (χ1) is 14.0. The smallest absolute Gasteiger partial charge is 0.225 e. The van der Waals surface area contributed by atoms with E-state index in [9.17, 15) is 14.0 Å². The number of hydrogen-bond donors (Lipinski definition) is 1. The fourth-order valence-electron chi connectivity index (χ4n) is 4.64. The van der Waals surface area contributed by atoms with Crippen molar-refractivity contribution < 1.29 is 18.7 Å². The van der Waals surface area contributed by atoms with Gasteiger partial charge < -0.3 is 15.0 Å². The molecule has 0 radical (unpaired) electrons. The SMILES string of the molecule is CN1C(=O)CCC(C(=O)NCC2(CN3CCOCC3)CC2)C1c1ccc(F)cc1. The van der Waals surface area contributed by atoms with Crippen LogP contribution in [-0.2, 0) is 14.3 Å². The van der Waals surface area contributed by atoms with E-state index in [1.165, 1.54) is 12.1 Å². The first-order valence-electron chi connectivity index (χ1n) is 10.6. The summed E-state index contributed by atoms with van der Waals surface area (Å²) in [5, 5.41) is 3.18. The molecule has 3 aliphatic rings. The van der Waals surface area contributed by atoms with Gasteiger partial charge in [-0.25, -0.2) is 4.39 Å². The van der Waals surface area contributed by atoms with Gasteiger partial charge in [0.2, 0.25) is 11.8 Å². The molecule has 29 heavy (non-hydrogen) atoms. The lowest BCUT2D eigenvalue weighted by atomic mass is 9.84. The number of carbonyl (C=O) groups excluding carboxylic acids is 2. The van der Waals surface area contributed by atoms with E-state index in [1.54, 1.807) is 24.1 Å². The minimum absolute atomic E-state index is 0.00747. The predicted molar refractivity (Wildman–Crippen MR) is 107 cm³/mol. The highest BCUT2D eigenvalue weighted by atomic mass is 19.1. The van der Waals surface area contributed by atoms with Crippen LogP contribution in [0.2, 0.25) is 0 Å². The van der Waals surface area contributed by atoms with Crippen LogP contribution in [0.3, 0.4) is 0 Å². The maximum Gasteiger partial charge on any atom is 0.225 e. The standard InChI is InChI=1S/C22H30FN3O3/c1-25-19(27)7-6-18(20(25)16-2-4-17(23)5-3-16)21(28)24-14-22(8-9-22)15-26-10-12-29-13-11-26/h2-5,18,20H,6-15H2,1H3,(H,24,28). The van der Waals surface area contributed by atoms with Crippen LogP contribution in [-0.4, -0.2) is 68.1 Å². The van der Waals surface area contributed by atoms with Crippen LogP contribution in [0.4, 0.5) is 4.39 Å². The largest absolute Gasteiger partial charge is 0.379 e. The molecule has 3 fully saturated rings. The maximum atomic E-state index is 13.4. The third kappa shape index (κ3) is 4.61. The number of carbonyl (C=O) groups is 2. The average Bonchev–Trinajstić information content (AvgIpc) is 3.49. The van der Waals surface area contributed by atoms with E-state index in [2.05, 4.69) is 10.2 Å². The van der Waals surface area contributed by atoms with Gasteiger partial charge in [-0.2, -0.15) is 0 Å². The molecule has 0 bridgehead atoms. The first-order valence-corrected chi connectivity index (χ1v) is 10.6. The molecule has 6 nitrogen and oxygen atoms in total. The summed E-state index contributed by atoms with van der Waals surface area (Å²) in [5.74, 6) is -0.623. The number of halogens is 1. The van der Waals surface area contributed by atoms with Gasteiger partial charge >= 0.3 is 0 Å². The molecule has 1 N–H and O–H groups in total. The predicted octanol–water partition coefficient (Wildman–Crippen LogP) is 1.96. The lowest BCUT2D eigenvalue weighted by Gasteiger charge is -2.39. The van der Waals surface area contributed by atoms with E-state index in [0.29, 0.717) is 19.4 Å². The quantitative estimate of drug-likeness (QED) is 0.789. The van der Waals surface area contributed by atoms with Gasteiger partial charge in [-0.1, -0.05) is 12.1 Å². The van der Waals surface area contributed by atoms with Gasteiger partial charge in [-0.15, -0.1) is 0 Å². The lowest BCUT2D eigenvalue weighted by molar-refractivity contribution is -0.141. The van der Waals surface area contributed by atoms with Crippen molar-refractivity contribution in [2.24, 2.45) is 11.3 Å². The van der Waals surface area contributed by atoms with Crippen LogP contribution >= 0.6 is 0 Å². The van der Waals surface area contributed by atoms with Crippen molar-refractivity contribution >= 4 is 11.8 Å². The molecule has 2 aliphatic heterocycles. The molecule has 2 unspecified atom stereocenters. The van der Waals surface area contributed by atoms with Crippen LogP contribution in [0.5, 0.6) is 0 Å². The molecular formula is C22H30FN3O3. The fourth-order valence-corrected chi connectivity index (χ4v) is 4.64. The van der Waals surface area contributed by atoms with E-state index >= 15 is 0 Å². The summed E-state index contributed by atoms with van der Waals surface area (Å²) >= 11 is 0. The van der Waals surface area contributed by atoms with Gasteiger partial charge in [0.15, 0.2) is 0 Å². The number of benzene rings is 1. The molecule has 158 valence electrons. The van der Waals surface area contributed by atoms with Gasteiger partial charge in [-0.3, -0.25) is 14.5 Å². The Morgan fingerprint density at radius 2 is 1.93 bits per heavy atom. The fraction of sp³-hybridized carbons (Fsp3) is 0.636. The van der Waals surface area contributed by atoms with Crippen LogP contribution in [0.25, 0.3) is 0 Å². The lowest BCUT2D eigenvalue weighted by Crippen LogP contribution is -2.48. The third-order valence-corrected chi connectivity index (χ3v) is 6.67. The Labute approximate surface area is 171 Å². The summed E-state index contributed by atoms with van der Waals surface area (Å²) in [4.78, 5) is 29.4. The van der Waals surface area contributed by atoms with Gasteiger partial charge in [0.05, 0.1) is 25.2 Å². The summed E-state index contributed by atoms with van der Waals surface area (Å²) in [6.07, 6.45) is 3.16. The Morgan fingerprint density at radius 3 is 2.59 bits per heavy atom. The van der Waals surface area contributed by atoms with E-state index in [4.69, 9.17) is 4.74 Å². The molecule has 1 saturated carbocycles. The molecule has 0 aromatic heterocycles. The summed E-state index contributed by atoms with van der Waals surface area (Å²) < 4.78 is 18.8. The van der Waals surface area contributed by atoms with E-state index in [-0.39, 0.29) is 35.0 Å². The van der Waals surface area contributed by atoms with Crippen molar-refractivity contribution in [3.05, 3.63) is 35.6 Å². The molecule has 2 heterocycles. The summed E-state index contributed by atoms with van der Waals surface area (Å²) in [6, 6.07) is 5.77. The van der Waals surface area contributed by atoms with Crippen LogP contribution in [0, 0.1) is 17.2 Å². The highest BCUT2D eigenvalue weighted by Crippen LogP contribution is 2.46. The Bertz CT molecular complexity index is 744. The number of likely N-dealkylation sites (tertiary alicyclic amines) is 1. The number of nitrogens with one attached hydrogen (secondary N) is 1. The second kappa shape index (κ2) is 8.40. The minimum Gasteiger partial charge on any atom is -0.379 e. The summed E-state index contributed by atoms with van der Waals surface area (Å²) in [6.45, 7) is 5.15. The number of rotatable bonds is 6. The zero-order valence-corrected chi connectivity index (χ0v) is 17.0. The Balaban J connectivity index is 1.40. The molecule has 2 amide bonds. The number of amides is 2. The number of ether oxygens (including phenoxy) is 1. The molecular weight excluding hydrogens is 373 g/mol. The van der Waals surface area contributed by atoms with Crippen LogP contribution < -0.4 is 5.32 Å². The molecule has 4 rings (SSSR count). The van der Waals surface area contributed by atoms with E-state index in [1.807, 2.05) is 0 Å². The molecule has 1 aliphatic carbocycles. The van der Waals surface area contributed by atoms with Crippen molar-refractivity contribution in [3.63, 3.8) is 0 Å². The average molecular weight is 403 g/mol. The number of nitrogens with zero attached hydrogens (tertiary/aromatic N) is 2. The monoisotopic (exact) mass is 403 g/mol. The Kier molecular flexibility index (Phi) is 5.88. The molecule has 1 aromatic rings. The van der Waals surface area contributed by atoms with Gasteiger partial charge in [0.1, 0.15) is 5.82 Å². The number of morpholine rings is 1. The van der Waals surface area contributed by atoms with Crippen LogP contribution in [0.15, 0.2) is 24.3 Å². The summed E-state index contributed by atoms with van der Waals surface area (Å²) in [7, 11) is 1.73. The zero-order valence-electron chi connectivity index (χ0n) is 17.0. The van der Waals surface area contributed by atoms with Crippen molar-refractivity contribution in [2.45, 2.75) is 31.7 Å². The van der Waals surface area contributed by atoms with Crippen molar-refractivity contribution in [1.82, 2.24) is 15.1 Å². The maximum absolute atomic E-state index is 13.4. The second-order valence-electron chi connectivity index (χ2n) is 8.75. The van der Waals surface area contributed by atoms with E-state index in [0.717, 1.165) is 51.3 Å². The van der Waals surface area contributed by atoms with Crippen molar-refractivity contribution in [1.29, 1.82) is 0 Å². The second-order valence-corrected chi connectivity index (χ2v) is 8.75. The van der Waals surface area contributed by atoms with Crippen molar-refractivity contribution in [3.8, 4) is 0 Å². The minimum atomic E-state index is -0.355. The molecule has 2 saturated heterocycles. The Hall–Kier alpha value is -1.99. The molecule has 1 aromatic carbocycles. The summed E-state index contributed by atoms with van der Waals surface area (Å²) in [5.41, 5.74) is 0.978. The highest BCUT2D eigenvalue weighted by molar-refractivity contribution is 5.85. The van der Waals surface area contributed by atoms with Crippen molar-refractivity contribution in [2.75, 3.05) is 46.4 Å². The topological polar surface area (TPSA) is 61.9 Å². The van der Waals surface area contributed by atoms with E-state index < -0.39 is 0 Å². The normalized spacial score (nSPS) is 27.0. The number of piperidine rings is 1. The molecule has 7 heteroatoms. The first kappa shape index (κ1) is 20.3. The highest BCUT2D eigenvalue weighted by Gasteiger charge is 2.45. The van der Waals surface area contributed by atoms with Gasteiger partial charge in [-0.05, 0) is 37.0 Å². The van der Waals surface area contributed by atoms with Crippen LogP contribution in [0.1, 0.15) is 37.3 Å². The molecule has 2 atom stereocenters. The zero-order chi connectivity index (χ0) is 20.4. The van der Waals surface area contributed by atoms with Gasteiger partial charge in [0, 0.05) is 45.1 Å². The van der Waals surface area contributed by atoms with Gasteiger partial charge in [0.25, 0.3) is 0 Å².